The number of nitrogens with one attached hydrogen (secondary N) is 1. The first-order valence-corrected chi connectivity index (χ1v) is 7.91. The van der Waals surface area contributed by atoms with Gasteiger partial charge >= 0.3 is 5.97 Å². The summed E-state index contributed by atoms with van der Waals surface area (Å²) in [7, 11) is 0. The van der Waals surface area contributed by atoms with E-state index in [2.05, 4.69) is 10.5 Å². The summed E-state index contributed by atoms with van der Waals surface area (Å²) in [6.45, 7) is 3.89. The third-order valence-electron chi connectivity index (χ3n) is 3.36. The van der Waals surface area contributed by atoms with Crippen molar-refractivity contribution in [3.05, 3.63) is 28.8 Å². The zero-order chi connectivity index (χ0) is 16.8. The molecule has 23 heavy (non-hydrogen) atoms. The number of benzene rings is 1. The largest absolute Gasteiger partial charge is 0.477 e. The van der Waals surface area contributed by atoms with Crippen LogP contribution in [0.1, 0.15) is 38.7 Å². The fourth-order valence-electron chi connectivity index (χ4n) is 2.14. The molecule has 2 rings (SSSR count). The Kier molecular flexibility index (Phi) is 5.98. The highest BCUT2D eigenvalue weighted by Gasteiger charge is 2.21. The summed E-state index contributed by atoms with van der Waals surface area (Å²) in [5.41, 5.74) is 4.02. The monoisotopic (exact) mass is 338 g/mol. The number of hydrazone groups is 1. The summed E-state index contributed by atoms with van der Waals surface area (Å²) in [6.07, 6.45) is 0.748. The number of hydrogen-bond donors (Lipinski definition) is 1. The molecular weight excluding hydrogens is 320 g/mol. The maximum Gasteiger partial charge on any atom is 0.347 e. The van der Waals surface area contributed by atoms with Gasteiger partial charge in [0.15, 0.2) is 6.10 Å². The van der Waals surface area contributed by atoms with Crippen molar-refractivity contribution in [1.82, 2.24) is 5.43 Å². The molecule has 0 saturated heterocycles. The van der Waals surface area contributed by atoms with Crippen LogP contribution in [-0.4, -0.2) is 30.3 Å². The third-order valence-corrected chi connectivity index (χ3v) is 3.65. The van der Waals surface area contributed by atoms with Crippen molar-refractivity contribution in [3.63, 3.8) is 0 Å². The molecule has 1 aliphatic rings. The third kappa shape index (κ3) is 4.45. The normalized spacial score (nSPS) is 15.4. The van der Waals surface area contributed by atoms with Crippen LogP contribution in [0.4, 0.5) is 0 Å². The lowest BCUT2D eigenvalue weighted by molar-refractivity contribution is -0.151. The predicted molar refractivity (Wildman–Crippen MR) is 86.7 cm³/mol. The number of nitrogens with zero attached hydrogens (tertiary/aromatic N) is 1. The van der Waals surface area contributed by atoms with Gasteiger partial charge < -0.3 is 9.47 Å². The summed E-state index contributed by atoms with van der Waals surface area (Å²) in [6, 6.07) is 5.21. The number of hydrogen-bond acceptors (Lipinski definition) is 5. The summed E-state index contributed by atoms with van der Waals surface area (Å²) < 4.78 is 10.6. The Hall–Kier alpha value is -2.08. The maximum absolute atomic E-state index is 11.8. The van der Waals surface area contributed by atoms with E-state index in [0.29, 0.717) is 36.6 Å². The van der Waals surface area contributed by atoms with Gasteiger partial charge in [-0.25, -0.2) is 10.2 Å². The van der Waals surface area contributed by atoms with Gasteiger partial charge in [0.2, 0.25) is 5.91 Å². The first kappa shape index (κ1) is 17.3. The molecule has 1 atom stereocenters. The van der Waals surface area contributed by atoms with E-state index >= 15 is 0 Å². The van der Waals surface area contributed by atoms with Crippen LogP contribution in [0.2, 0.25) is 5.02 Å². The Morgan fingerprint density at radius 1 is 1.39 bits per heavy atom. The Morgan fingerprint density at radius 2 is 2.17 bits per heavy atom. The number of amides is 1. The van der Waals surface area contributed by atoms with Crippen LogP contribution in [0.25, 0.3) is 0 Å². The molecule has 1 aliphatic heterocycles. The fraction of sp³-hybridized carbons (Fsp3) is 0.438. The highest BCUT2D eigenvalue weighted by atomic mass is 35.5. The highest BCUT2D eigenvalue weighted by Crippen LogP contribution is 2.28. The van der Waals surface area contributed by atoms with Gasteiger partial charge in [-0.15, -0.1) is 0 Å². The SMILES string of the molecule is CCOC(=O)C(CC)Oc1ccc(C2=NNC(=O)CC2)cc1Cl. The number of ether oxygens (including phenoxy) is 2. The molecule has 0 aliphatic carbocycles. The first-order valence-electron chi connectivity index (χ1n) is 7.53. The summed E-state index contributed by atoms with van der Waals surface area (Å²) in [5, 5.41) is 4.40. The van der Waals surface area contributed by atoms with E-state index in [0.717, 1.165) is 11.3 Å². The average Bonchev–Trinajstić information content (AvgIpc) is 2.54. The van der Waals surface area contributed by atoms with Crippen molar-refractivity contribution in [2.45, 2.75) is 39.2 Å². The van der Waals surface area contributed by atoms with E-state index < -0.39 is 12.1 Å². The minimum Gasteiger partial charge on any atom is -0.477 e. The average molecular weight is 339 g/mol. The van der Waals surface area contributed by atoms with Gasteiger partial charge in [-0.2, -0.15) is 5.10 Å². The van der Waals surface area contributed by atoms with Crippen molar-refractivity contribution >= 4 is 29.2 Å². The molecule has 6 nitrogen and oxygen atoms in total. The maximum atomic E-state index is 11.8. The second-order valence-corrected chi connectivity index (χ2v) is 5.41. The number of esters is 1. The Bertz CT molecular complexity index is 631. The van der Waals surface area contributed by atoms with E-state index in [1.807, 2.05) is 6.92 Å². The molecule has 0 aromatic heterocycles. The summed E-state index contributed by atoms with van der Waals surface area (Å²) in [4.78, 5) is 22.9. The van der Waals surface area contributed by atoms with E-state index in [9.17, 15) is 9.59 Å². The van der Waals surface area contributed by atoms with Crippen LogP contribution < -0.4 is 10.2 Å². The number of halogens is 1. The number of carbonyl (C=O) groups is 2. The molecule has 1 N–H and O–H groups in total. The van der Waals surface area contributed by atoms with Crippen molar-refractivity contribution in [1.29, 1.82) is 0 Å². The molecular formula is C16H19ClN2O4. The highest BCUT2D eigenvalue weighted by molar-refractivity contribution is 6.32. The summed E-state index contributed by atoms with van der Waals surface area (Å²) >= 11 is 6.24. The Balaban J connectivity index is 2.13. The first-order chi connectivity index (χ1) is 11.0. The molecule has 0 bridgehead atoms. The van der Waals surface area contributed by atoms with E-state index in [4.69, 9.17) is 21.1 Å². The van der Waals surface area contributed by atoms with Gasteiger partial charge in [-0.1, -0.05) is 18.5 Å². The smallest absolute Gasteiger partial charge is 0.347 e. The molecule has 1 amide bonds. The molecule has 0 radical (unpaired) electrons. The van der Waals surface area contributed by atoms with Crippen molar-refractivity contribution in [2.75, 3.05) is 6.61 Å². The van der Waals surface area contributed by atoms with Crippen LogP contribution in [0.3, 0.4) is 0 Å². The molecule has 1 aromatic carbocycles. The molecule has 1 heterocycles. The lowest BCUT2D eigenvalue weighted by Crippen LogP contribution is -2.29. The second kappa shape index (κ2) is 7.97. The van der Waals surface area contributed by atoms with Gasteiger partial charge in [-0.3, -0.25) is 4.79 Å². The van der Waals surface area contributed by atoms with E-state index in [1.54, 1.807) is 25.1 Å². The zero-order valence-electron chi connectivity index (χ0n) is 13.1. The van der Waals surface area contributed by atoms with Gasteiger partial charge in [-0.05, 0) is 37.1 Å². The molecule has 124 valence electrons. The van der Waals surface area contributed by atoms with E-state index in [-0.39, 0.29) is 5.91 Å². The lowest BCUT2D eigenvalue weighted by atomic mass is 10.0. The summed E-state index contributed by atoms with van der Waals surface area (Å²) in [5.74, 6) is -0.0923. The fourth-order valence-corrected chi connectivity index (χ4v) is 2.37. The topological polar surface area (TPSA) is 77.0 Å². The lowest BCUT2D eigenvalue weighted by Gasteiger charge is -2.18. The molecule has 7 heteroatoms. The Labute approximate surface area is 139 Å². The standard InChI is InChI=1S/C16H19ClN2O4/c1-3-13(16(21)22-4-2)23-14-7-5-10(9-11(14)17)12-6-8-15(20)19-18-12/h5,7,9,13H,3-4,6,8H2,1-2H3,(H,19,20). The van der Waals surface area contributed by atoms with Crippen LogP contribution >= 0.6 is 11.6 Å². The Morgan fingerprint density at radius 3 is 2.74 bits per heavy atom. The van der Waals surface area contributed by atoms with Crippen molar-refractivity contribution < 1.29 is 19.1 Å². The number of carbonyl (C=O) groups excluding carboxylic acids is 2. The molecule has 1 unspecified atom stereocenters. The zero-order valence-corrected chi connectivity index (χ0v) is 13.9. The minimum absolute atomic E-state index is 0.0972. The molecule has 1 aromatic rings. The van der Waals surface area contributed by atoms with Gasteiger partial charge in [0, 0.05) is 12.8 Å². The quantitative estimate of drug-likeness (QED) is 0.809. The van der Waals surface area contributed by atoms with Gasteiger partial charge in [0.05, 0.1) is 17.3 Å². The van der Waals surface area contributed by atoms with E-state index in [1.165, 1.54) is 0 Å². The molecule has 0 spiro atoms. The molecule has 0 fully saturated rings. The van der Waals surface area contributed by atoms with Crippen molar-refractivity contribution in [2.24, 2.45) is 5.10 Å². The van der Waals surface area contributed by atoms with Gasteiger partial charge in [0.25, 0.3) is 0 Å². The number of rotatable bonds is 6. The van der Waals surface area contributed by atoms with Crippen LogP contribution in [0, 0.1) is 0 Å². The minimum atomic E-state index is -0.690. The second-order valence-electron chi connectivity index (χ2n) is 5.01. The molecule has 0 saturated carbocycles. The van der Waals surface area contributed by atoms with Crippen molar-refractivity contribution in [3.8, 4) is 5.75 Å². The van der Waals surface area contributed by atoms with Crippen LogP contribution in [0.5, 0.6) is 5.75 Å². The van der Waals surface area contributed by atoms with Gasteiger partial charge in [0.1, 0.15) is 5.75 Å². The van der Waals surface area contributed by atoms with Crippen LogP contribution in [0.15, 0.2) is 23.3 Å². The van der Waals surface area contributed by atoms with Crippen LogP contribution in [-0.2, 0) is 14.3 Å². The predicted octanol–water partition coefficient (Wildman–Crippen LogP) is 2.67.